The molecule has 0 atom stereocenters. The van der Waals surface area contributed by atoms with Crippen LogP contribution in [0.4, 0.5) is 0 Å². The van der Waals surface area contributed by atoms with Crippen LogP contribution in [-0.2, 0) is 0 Å². The molecule has 1 aromatic rings. The van der Waals surface area contributed by atoms with Gasteiger partial charge in [0.1, 0.15) is 5.75 Å². The van der Waals surface area contributed by atoms with Crippen molar-refractivity contribution in [3.8, 4) is 5.75 Å². The Labute approximate surface area is 80.2 Å². The first kappa shape index (κ1) is 12.0. The highest BCUT2D eigenvalue weighted by Crippen LogP contribution is 2.05. The molecular weight excluding hydrogens is 164 g/mol. The fourth-order valence-corrected chi connectivity index (χ4v) is 0.715. The quantitative estimate of drug-likeness (QED) is 0.778. The molecule has 0 radical (unpaired) electrons. The lowest BCUT2D eigenvalue weighted by atomic mass is 10.3. The zero-order valence-corrected chi connectivity index (χ0v) is 8.36. The van der Waals surface area contributed by atoms with Gasteiger partial charge in [0.05, 0.1) is 7.11 Å². The maximum atomic E-state index is 8.07. The van der Waals surface area contributed by atoms with Crippen molar-refractivity contribution in [1.82, 2.24) is 0 Å². The summed E-state index contributed by atoms with van der Waals surface area (Å²) in [5.74, 6) is 0.910. The van der Waals surface area contributed by atoms with Crippen LogP contribution in [-0.4, -0.2) is 18.8 Å². The van der Waals surface area contributed by atoms with Gasteiger partial charge in [0, 0.05) is 6.61 Å². The van der Waals surface area contributed by atoms with E-state index in [-0.39, 0.29) is 0 Å². The predicted octanol–water partition coefficient (Wildman–Crippen LogP) is 2.47. The Kier molecular flexibility index (Phi) is 8.36. The van der Waals surface area contributed by atoms with Crippen molar-refractivity contribution < 1.29 is 9.84 Å². The van der Waals surface area contributed by atoms with Crippen molar-refractivity contribution in [2.45, 2.75) is 19.8 Å². The second-order valence-corrected chi connectivity index (χ2v) is 2.59. The van der Waals surface area contributed by atoms with Crippen molar-refractivity contribution in [3.63, 3.8) is 0 Å². The molecule has 0 saturated heterocycles. The normalized spacial score (nSPS) is 8.54. The molecule has 0 heterocycles. The highest BCUT2D eigenvalue weighted by atomic mass is 16.5. The molecule has 0 fully saturated rings. The van der Waals surface area contributed by atoms with Crippen LogP contribution in [0.3, 0.4) is 0 Å². The summed E-state index contributed by atoms with van der Waals surface area (Å²) >= 11 is 0. The van der Waals surface area contributed by atoms with Crippen LogP contribution in [0, 0.1) is 0 Å². The molecule has 74 valence electrons. The van der Waals surface area contributed by atoms with Crippen molar-refractivity contribution in [3.05, 3.63) is 30.3 Å². The Hall–Kier alpha value is -1.02. The first-order valence-corrected chi connectivity index (χ1v) is 4.55. The summed E-state index contributed by atoms with van der Waals surface area (Å²) < 4.78 is 4.91. The average Bonchev–Trinajstić information content (AvgIpc) is 2.21. The maximum Gasteiger partial charge on any atom is 0.118 e. The first-order valence-electron chi connectivity index (χ1n) is 4.55. The number of aliphatic hydroxyl groups excluding tert-OH is 1. The van der Waals surface area contributed by atoms with E-state index in [9.17, 15) is 0 Å². The standard InChI is InChI=1S/C7H8O.C4H10O/c1-8-7-5-3-2-4-6-7;1-2-3-4-5/h2-6H,1H3;5H,2-4H2,1H3. The Morgan fingerprint density at radius 3 is 2.08 bits per heavy atom. The minimum atomic E-state index is 0.344. The second kappa shape index (κ2) is 9.07. The molecule has 0 aliphatic rings. The van der Waals surface area contributed by atoms with E-state index in [2.05, 4.69) is 6.92 Å². The lowest BCUT2D eigenvalue weighted by molar-refractivity contribution is 0.287. The van der Waals surface area contributed by atoms with Crippen molar-refractivity contribution in [2.75, 3.05) is 13.7 Å². The maximum absolute atomic E-state index is 8.07. The SMILES string of the molecule is CCCCO.COc1ccccc1. The van der Waals surface area contributed by atoms with E-state index in [0.29, 0.717) is 6.61 Å². The largest absolute Gasteiger partial charge is 0.497 e. The van der Waals surface area contributed by atoms with Gasteiger partial charge in [0.2, 0.25) is 0 Å². The lowest BCUT2D eigenvalue weighted by Crippen LogP contribution is -1.78. The van der Waals surface area contributed by atoms with E-state index in [1.807, 2.05) is 30.3 Å². The Bertz CT molecular complexity index is 183. The monoisotopic (exact) mass is 182 g/mol. The molecule has 13 heavy (non-hydrogen) atoms. The van der Waals surface area contributed by atoms with E-state index < -0.39 is 0 Å². The fraction of sp³-hybridized carbons (Fsp3) is 0.455. The Morgan fingerprint density at radius 1 is 1.23 bits per heavy atom. The van der Waals surface area contributed by atoms with Gasteiger partial charge in [-0.2, -0.15) is 0 Å². The molecule has 2 heteroatoms. The van der Waals surface area contributed by atoms with Crippen LogP contribution in [0.1, 0.15) is 19.8 Å². The molecule has 1 aromatic carbocycles. The number of methoxy groups -OCH3 is 1. The summed E-state index contributed by atoms with van der Waals surface area (Å²) in [4.78, 5) is 0. The lowest BCUT2D eigenvalue weighted by Gasteiger charge is -1.93. The Morgan fingerprint density at radius 2 is 1.85 bits per heavy atom. The van der Waals surface area contributed by atoms with Gasteiger partial charge in [-0.1, -0.05) is 31.5 Å². The number of hydrogen-bond donors (Lipinski definition) is 1. The van der Waals surface area contributed by atoms with Gasteiger partial charge in [0.15, 0.2) is 0 Å². The van der Waals surface area contributed by atoms with Crippen molar-refractivity contribution in [2.24, 2.45) is 0 Å². The topological polar surface area (TPSA) is 29.5 Å². The number of hydrogen-bond acceptors (Lipinski definition) is 2. The third-order valence-corrected chi connectivity index (χ3v) is 1.49. The molecule has 0 spiro atoms. The van der Waals surface area contributed by atoms with Crippen LogP contribution in [0.15, 0.2) is 30.3 Å². The molecule has 0 saturated carbocycles. The van der Waals surface area contributed by atoms with Gasteiger partial charge in [-0.25, -0.2) is 0 Å². The van der Waals surface area contributed by atoms with Gasteiger partial charge in [-0.3, -0.25) is 0 Å². The van der Waals surface area contributed by atoms with E-state index in [1.54, 1.807) is 7.11 Å². The highest BCUT2D eigenvalue weighted by molar-refractivity contribution is 5.20. The zero-order chi connectivity index (χ0) is 9.94. The first-order chi connectivity index (χ1) is 6.35. The number of aliphatic hydroxyl groups is 1. The smallest absolute Gasteiger partial charge is 0.118 e. The second-order valence-electron chi connectivity index (χ2n) is 2.59. The summed E-state index contributed by atoms with van der Waals surface area (Å²) in [6, 6.07) is 9.68. The number of unbranched alkanes of at least 4 members (excludes halogenated alkanes) is 1. The molecule has 0 amide bonds. The van der Waals surface area contributed by atoms with E-state index >= 15 is 0 Å². The molecule has 1 N–H and O–H groups in total. The summed E-state index contributed by atoms with van der Waals surface area (Å²) in [7, 11) is 1.66. The third kappa shape index (κ3) is 7.34. The molecule has 2 nitrogen and oxygen atoms in total. The number of rotatable bonds is 3. The van der Waals surface area contributed by atoms with Crippen LogP contribution >= 0.6 is 0 Å². The van der Waals surface area contributed by atoms with Crippen LogP contribution in [0.25, 0.3) is 0 Å². The molecule has 0 bridgehead atoms. The summed E-state index contributed by atoms with van der Waals surface area (Å²) in [6.45, 7) is 2.40. The van der Waals surface area contributed by atoms with Gasteiger partial charge in [-0.05, 0) is 18.6 Å². The third-order valence-electron chi connectivity index (χ3n) is 1.49. The Balaban J connectivity index is 0.000000252. The van der Waals surface area contributed by atoms with Crippen LogP contribution in [0.5, 0.6) is 5.75 Å². The van der Waals surface area contributed by atoms with Gasteiger partial charge >= 0.3 is 0 Å². The predicted molar refractivity (Wildman–Crippen MR) is 55.0 cm³/mol. The van der Waals surface area contributed by atoms with Crippen LogP contribution in [0.2, 0.25) is 0 Å². The molecule has 1 rings (SSSR count). The van der Waals surface area contributed by atoms with Gasteiger partial charge in [-0.15, -0.1) is 0 Å². The average molecular weight is 182 g/mol. The highest BCUT2D eigenvalue weighted by Gasteiger charge is 1.80. The zero-order valence-electron chi connectivity index (χ0n) is 8.36. The molecule has 0 aliphatic carbocycles. The fourth-order valence-electron chi connectivity index (χ4n) is 0.715. The van der Waals surface area contributed by atoms with Crippen molar-refractivity contribution in [1.29, 1.82) is 0 Å². The van der Waals surface area contributed by atoms with Crippen molar-refractivity contribution >= 4 is 0 Å². The number of benzene rings is 1. The molecule has 0 unspecified atom stereocenters. The molecule has 0 aliphatic heterocycles. The summed E-state index contributed by atoms with van der Waals surface area (Å²) in [6.07, 6.45) is 2.04. The molecular formula is C11H18O2. The summed E-state index contributed by atoms with van der Waals surface area (Å²) in [5, 5.41) is 8.07. The minimum Gasteiger partial charge on any atom is -0.497 e. The minimum absolute atomic E-state index is 0.344. The summed E-state index contributed by atoms with van der Waals surface area (Å²) in [5.41, 5.74) is 0. The molecule has 0 aromatic heterocycles. The van der Waals surface area contributed by atoms with E-state index in [4.69, 9.17) is 9.84 Å². The van der Waals surface area contributed by atoms with Gasteiger partial charge in [0.25, 0.3) is 0 Å². The van der Waals surface area contributed by atoms with E-state index in [1.165, 1.54) is 0 Å². The van der Waals surface area contributed by atoms with Gasteiger partial charge < -0.3 is 9.84 Å². The number of ether oxygens (including phenoxy) is 1. The number of para-hydroxylation sites is 1. The van der Waals surface area contributed by atoms with E-state index in [0.717, 1.165) is 18.6 Å². The van der Waals surface area contributed by atoms with Crippen LogP contribution < -0.4 is 4.74 Å².